The highest BCUT2D eigenvalue weighted by molar-refractivity contribution is 7.71. The van der Waals surface area contributed by atoms with Crippen molar-refractivity contribution in [3.05, 3.63) is 42.5 Å². The molecule has 0 saturated heterocycles. The van der Waals surface area contributed by atoms with Gasteiger partial charge in [-0.05, 0) is 35.0 Å². The maximum Gasteiger partial charge on any atom is 0.327 e. The van der Waals surface area contributed by atoms with Crippen LogP contribution < -0.4 is 4.84 Å². The molecule has 2 aromatic carbocycles. The molecule has 136 valence electrons. The fourth-order valence-corrected chi connectivity index (χ4v) is 3.28. The van der Waals surface area contributed by atoms with Crippen LogP contribution in [-0.4, -0.2) is 23.5 Å². The average Bonchev–Trinajstić information content (AvgIpc) is 2.56. The molecule has 2 rings (SSSR count). The molecule has 0 aliphatic rings. The van der Waals surface area contributed by atoms with E-state index in [1.165, 1.54) is 0 Å². The number of carbonyl (C=O) groups is 1. The van der Waals surface area contributed by atoms with Crippen molar-refractivity contribution >= 4 is 35.3 Å². The van der Waals surface area contributed by atoms with Gasteiger partial charge in [0.15, 0.2) is 5.75 Å². The second kappa shape index (κ2) is 8.22. The molecular weight excluding hydrogens is 361 g/mol. The van der Waals surface area contributed by atoms with Crippen molar-refractivity contribution in [2.75, 3.05) is 6.61 Å². The molecule has 0 aromatic heterocycles. The van der Waals surface area contributed by atoms with Crippen LogP contribution in [0.2, 0.25) is 0 Å². The molecule has 0 bridgehead atoms. The number of benzene rings is 2. The number of fused-ring (bicyclic) bond motifs is 1. The van der Waals surface area contributed by atoms with Crippen LogP contribution in [0.3, 0.4) is 0 Å². The largest absolute Gasteiger partial charge is 0.464 e. The van der Waals surface area contributed by atoms with E-state index in [4.69, 9.17) is 20.8 Å². The van der Waals surface area contributed by atoms with E-state index in [0.717, 1.165) is 15.6 Å². The van der Waals surface area contributed by atoms with E-state index in [1.807, 2.05) is 57.2 Å². The lowest BCUT2D eigenvalue weighted by atomic mass is 9.99. The molecule has 2 atom stereocenters. The number of halogens is 1. The van der Waals surface area contributed by atoms with Gasteiger partial charge in [-0.3, -0.25) is 9.36 Å². The summed E-state index contributed by atoms with van der Waals surface area (Å²) in [7, 11) is -2.80. The molecule has 0 heterocycles. The van der Waals surface area contributed by atoms with Crippen molar-refractivity contribution in [3.63, 3.8) is 0 Å². The number of nitrogens with zero attached hydrogens (tertiary/aromatic N) is 1. The SMILES string of the molecule is CC(C(=O)OCC(C)(C)C)N(Oc1cccc2ccccc12)[PH](=O)Cl. The van der Waals surface area contributed by atoms with Crippen LogP contribution >= 0.6 is 18.5 Å². The third-order valence-corrected chi connectivity index (χ3v) is 4.78. The Hall–Kier alpha value is -1.55. The predicted molar refractivity (Wildman–Crippen MR) is 101 cm³/mol. The van der Waals surface area contributed by atoms with E-state index in [2.05, 4.69) is 0 Å². The van der Waals surface area contributed by atoms with Crippen molar-refractivity contribution < 1.29 is 18.9 Å². The summed E-state index contributed by atoms with van der Waals surface area (Å²) in [6.45, 7) is 7.68. The minimum absolute atomic E-state index is 0.164. The molecule has 0 amide bonds. The first-order valence-corrected chi connectivity index (χ1v) is 10.4. The quantitative estimate of drug-likeness (QED) is 0.397. The van der Waals surface area contributed by atoms with Gasteiger partial charge in [0.25, 0.3) is 7.30 Å². The van der Waals surface area contributed by atoms with E-state index in [-0.39, 0.29) is 12.0 Å². The molecular formula is C18H23ClNO4P. The maximum absolute atomic E-state index is 12.3. The predicted octanol–water partition coefficient (Wildman–Crippen LogP) is 5.04. The fourth-order valence-electron chi connectivity index (χ4n) is 2.15. The first-order chi connectivity index (χ1) is 11.7. The molecule has 7 heteroatoms. The first kappa shape index (κ1) is 19.8. The van der Waals surface area contributed by atoms with Crippen LogP contribution in [0.25, 0.3) is 10.8 Å². The highest BCUT2D eigenvalue weighted by Crippen LogP contribution is 2.37. The minimum atomic E-state index is -2.80. The van der Waals surface area contributed by atoms with E-state index in [1.54, 1.807) is 13.0 Å². The van der Waals surface area contributed by atoms with Gasteiger partial charge in [-0.2, -0.15) is 0 Å². The van der Waals surface area contributed by atoms with Crippen LogP contribution in [0.4, 0.5) is 0 Å². The Kier molecular flexibility index (Phi) is 6.50. The molecule has 0 radical (unpaired) electrons. The summed E-state index contributed by atoms with van der Waals surface area (Å²) in [6.07, 6.45) is 0. The Labute approximate surface area is 153 Å². The van der Waals surface area contributed by atoms with Gasteiger partial charge in [-0.25, -0.2) is 0 Å². The van der Waals surface area contributed by atoms with Crippen molar-refractivity contribution in [2.45, 2.75) is 33.7 Å². The molecule has 0 aliphatic heterocycles. The number of rotatable bonds is 6. The maximum atomic E-state index is 12.3. The summed E-state index contributed by atoms with van der Waals surface area (Å²) in [6, 6.07) is 12.2. The number of hydroxylamine groups is 1. The van der Waals surface area contributed by atoms with Gasteiger partial charge < -0.3 is 9.57 Å². The smallest absolute Gasteiger partial charge is 0.327 e. The second-order valence-electron chi connectivity index (χ2n) is 6.99. The summed E-state index contributed by atoms with van der Waals surface area (Å²) in [5, 5.41) is 1.81. The third kappa shape index (κ3) is 5.46. The lowest BCUT2D eigenvalue weighted by Gasteiger charge is -2.26. The number of ether oxygens (including phenoxy) is 1. The second-order valence-corrected chi connectivity index (χ2v) is 8.91. The summed E-state index contributed by atoms with van der Waals surface area (Å²) in [5.74, 6) is -0.0540. The van der Waals surface area contributed by atoms with Crippen molar-refractivity contribution in [2.24, 2.45) is 5.41 Å². The standard InChI is InChI=1S/C18H23ClNO4P/c1-13(17(21)23-12-18(2,3)4)20(25(19)22)24-16-11-7-9-14-8-5-6-10-15(14)16/h5-11,13,25H,12H2,1-4H3. The fraction of sp³-hybridized carbons (Fsp3) is 0.389. The number of hydrogen-bond acceptors (Lipinski definition) is 4. The lowest BCUT2D eigenvalue weighted by Crippen LogP contribution is -2.38. The van der Waals surface area contributed by atoms with Crippen LogP contribution in [0.5, 0.6) is 5.75 Å². The molecule has 2 unspecified atom stereocenters. The molecule has 25 heavy (non-hydrogen) atoms. The monoisotopic (exact) mass is 383 g/mol. The topological polar surface area (TPSA) is 55.8 Å². The number of carbonyl (C=O) groups excluding carboxylic acids is 1. The molecule has 0 fully saturated rings. The summed E-state index contributed by atoms with van der Waals surface area (Å²) >= 11 is 5.81. The molecule has 0 N–H and O–H groups in total. The Morgan fingerprint density at radius 1 is 1.20 bits per heavy atom. The highest BCUT2D eigenvalue weighted by atomic mass is 35.7. The molecule has 0 spiro atoms. The summed E-state index contributed by atoms with van der Waals surface area (Å²) in [5.41, 5.74) is -0.164. The molecule has 0 saturated carbocycles. The van der Waals surface area contributed by atoms with E-state index < -0.39 is 19.3 Å². The Balaban J connectivity index is 2.20. The van der Waals surface area contributed by atoms with Gasteiger partial charge in [0.2, 0.25) is 0 Å². The minimum Gasteiger partial charge on any atom is -0.464 e. The van der Waals surface area contributed by atoms with E-state index >= 15 is 0 Å². The van der Waals surface area contributed by atoms with Crippen LogP contribution in [0.1, 0.15) is 27.7 Å². The van der Waals surface area contributed by atoms with Gasteiger partial charge >= 0.3 is 5.97 Å². The first-order valence-electron chi connectivity index (χ1n) is 8.00. The van der Waals surface area contributed by atoms with Gasteiger partial charge in [0, 0.05) is 5.39 Å². The zero-order valence-electron chi connectivity index (χ0n) is 14.8. The average molecular weight is 384 g/mol. The van der Waals surface area contributed by atoms with Gasteiger partial charge in [0.1, 0.15) is 6.04 Å². The van der Waals surface area contributed by atoms with E-state index in [0.29, 0.717) is 5.75 Å². The van der Waals surface area contributed by atoms with Gasteiger partial charge in [0.05, 0.1) is 6.61 Å². The Bertz CT molecular complexity index is 770. The summed E-state index contributed by atoms with van der Waals surface area (Å²) < 4.78 is 17.3. The highest BCUT2D eigenvalue weighted by Gasteiger charge is 2.30. The molecule has 5 nitrogen and oxygen atoms in total. The van der Waals surface area contributed by atoms with Crippen molar-refractivity contribution in [3.8, 4) is 5.75 Å². The summed E-state index contributed by atoms with van der Waals surface area (Å²) in [4.78, 5) is 19.0. The van der Waals surface area contributed by atoms with E-state index in [9.17, 15) is 9.36 Å². The van der Waals surface area contributed by atoms with Crippen molar-refractivity contribution in [1.82, 2.24) is 4.83 Å². The van der Waals surface area contributed by atoms with Crippen molar-refractivity contribution in [1.29, 1.82) is 0 Å². The normalized spacial score (nSPS) is 14.3. The number of esters is 1. The zero-order chi connectivity index (χ0) is 18.6. The van der Waals surface area contributed by atoms with Crippen LogP contribution in [-0.2, 0) is 14.1 Å². The lowest BCUT2D eigenvalue weighted by molar-refractivity contribution is -0.156. The van der Waals surface area contributed by atoms with Gasteiger partial charge in [-0.15, -0.1) is 0 Å². The molecule has 2 aromatic rings. The number of hydrogen-bond donors (Lipinski definition) is 0. The van der Waals surface area contributed by atoms with Crippen LogP contribution in [0, 0.1) is 5.41 Å². The Morgan fingerprint density at radius 2 is 1.84 bits per heavy atom. The third-order valence-electron chi connectivity index (χ3n) is 3.46. The molecule has 0 aliphatic carbocycles. The zero-order valence-corrected chi connectivity index (χ0v) is 16.5. The van der Waals surface area contributed by atoms with Gasteiger partial charge in [-0.1, -0.05) is 62.0 Å². The Morgan fingerprint density at radius 3 is 2.48 bits per heavy atom. The van der Waals surface area contributed by atoms with Crippen LogP contribution in [0.15, 0.2) is 42.5 Å².